The van der Waals surface area contributed by atoms with Gasteiger partial charge in [0.25, 0.3) is 0 Å². The maximum atomic E-state index is 13.4. The van der Waals surface area contributed by atoms with E-state index in [2.05, 4.69) is 47.4 Å². The zero-order valence-electron chi connectivity index (χ0n) is 27.9. The van der Waals surface area contributed by atoms with Crippen molar-refractivity contribution >= 4 is 34.3 Å². The molecule has 4 N–H and O–H groups in total. The Morgan fingerprint density at radius 2 is 1.62 bits per heavy atom. The number of primary amides is 1. The van der Waals surface area contributed by atoms with Crippen LogP contribution in [0.25, 0.3) is 16.5 Å². The zero-order chi connectivity index (χ0) is 33.8. The van der Waals surface area contributed by atoms with Gasteiger partial charge in [-0.15, -0.1) is 0 Å². The molecular weight excluding hydrogens is 604 g/mol. The molecule has 248 valence electrons. The monoisotopic (exact) mass is 646 g/mol. The number of nitrogens with two attached hydrogens (primary N) is 1. The molecule has 0 radical (unpaired) electrons. The number of piperazine rings is 1. The minimum absolute atomic E-state index is 0.199. The Labute approximate surface area is 280 Å². The number of pyridine rings is 1. The summed E-state index contributed by atoms with van der Waals surface area (Å²) in [6, 6.07) is 24.8. The first-order valence-electron chi connectivity index (χ1n) is 16.1. The number of carbonyl (C=O) groups excluding carboxylic acids is 2. The van der Waals surface area contributed by atoms with Gasteiger partial charge in [-0.2, -0.15) is 5.10 Å². The number of aromatic nitrogens is 3. The highest BCUT2D eigenvalue weighted by atomic mass is 16.5. The molecule has 0 saturated carbocycles. The SMILES string of the molecule is Cc1ccc(-n2nc(C(C)(C)C)cc2NC(=O)Nc2ccc(OCc3ccnc(CN4CCN(C(N)=O)CC4)c3)c3ccccc23)cc1. The number of amides is 4. The lowest BCUT2D eigenvalue weighted by Crippen LogP contribution is -2.50. The zero-order valence-corrected chi connectivity index (χ0v) is 27.9. The molecule has 0 spiro atoms. The van der Waals surface area contributed by atoms with E-state index in [-0.39, 0.29) is 17.5 Å². The fourth-order valence-electron chi connectivity index (χ4n) is 5.72. The molecule has 2 aromatic heterocycles. The molecule has 4 amide bonds. The summed E-state index contributed by atoms with van der Waals surface area (Å²) < 4.78 is 8.08. The molecule has 0 aliphatic carbocycles. The van der Waals surface area contributed by atoms with Crippen LogP contribution in [-0.2, 0) is 18.6 Å². The molecule has 1 aliphatic heterocycles. The van der Waals surface area contributed by atoms with Crippen molar-refractivity contribution in [3.8, 4) is 11.4 Å². The van der Waals surface area contributed by atoms with Gasteiger partial charge in [0, 0.05) is 61.2 Å². The van der Waals surface area contributed by atoms with Gasteiger partial charge in [-0.1, -0.05) is 62.7 Å². The lowest BCUT2D eigenvalue weighted by Gasteiger charge is -2.33. The molecule has 3 heterocycles. The smallest absolute Gasteiger partial charge is 0.324 e. The molecule has 1 aliphatic rings. The standard InChI is InChI=1S/C37H42N8O3/c1-25-9-11-28(12-10-25)45-34(22-33(42-45)37(2,3)4)41-36(47)40-31-13-14-32(30-8-6-5-7-29(30)31)48-24-26-15-16-39-27(21-26)23-43-17-19-44(20-18-43)35(38)46/h5-16,21-22H,17-20,23-24H2,1-4H3,(H2,38,46)(H2,40,41,47). The molecule has 11 nitrogen and oxygen atoms in total. The van der Waals surface area contributed by atoms with Crippen LogP contribution in [0.2, 0.25) is 0 Å². The largest absolute Gasteiger partial charge is 0.488 e. The minimum Gasteiger partial charge on any atom is -0.488 e. The Bertz CT molecular complexity index is 1920. The lowest BCUT2D eigenvalue weighted by molar-refractivity contribution is 0.139. The van der Waals surface area contributed by atoms with Crippen molar-refractivity contribution in [1.29, 1.82) is 0 Å². The molecule has 0 bridgehead atoms. The van der Waals surface area contributed by atoms with Gasteiger partial charge < -0.3 is 20.7 Å². The van der Waals surface area contributed by atoms with Crippen LogP contribution in [0.3, 0.4) is 0 Å². The van der Waals surface area contributed by atoms with Crippen LogP contribution in [0.5, 0.6) is 5.75 Å². The van der Waals surface area contributed by atoms with E-state index in [1.54, 1.807) is 15.8 Å². The molecule has 1 fully saturated rings. The first-order chi connectivity index (χ1) is 23.0. The highest BCUT2D eigenvalue weighted by Gasteiger charge is 2.22. The number of nitrogens with zero attached hydrogens (tertiary/aromatic N) is 5. The van der Waals surface area contributed by atoms with Gasteiger partial charge >= 0.3 is 12.1 Å². The second-order valence-corrected chi connectivity index (χ2v) is 13.2. The van der Waals surface area contributed by atoms with Crippen LogP contribution < -0.4 is 21.1 Å². The number of benzene rings is 3. The van der Waals surface area contributed by atoms with E-state index in [0.29, 0.717) is 43.5 Å². The van der Waals surface area contributed by atoms with Crippen molar-refractivity contribution in [1.82, 2.24) is 24.6 Å². The average molecular weight is 647 g/mol. The van der Waals surface area contributed by atoms with Gasteiger partial charge in [0.15, 0.2) is 0 Å². The Morgan fingerprint density at radius 1 is 0.896 bits per heavy atom. The van der Waals surface area contributed by atoms with Crippen molar-refractivity contribution in [3.63, 3.8) is 0 Å². The second kappa shape index (κ2) is 13.7. The summed E-state index contributed by atoms with van der Waals surface area (Å²) >= 11 is 0. The van der Waals surface area contributed by atoms with Crippen LogP contribution in [0.4, 0.5) is 21.1 Å². The molecule has 11 heteroatoms. The fraction of sp³-hybridized carbons (Fsp3) is 0.297. The van der Waals surface area contributed by atoms with Crippen molar-refractivity contribution < 1.29 is 14.3 Å². The highest BCUT2D eigenvalue weighted by Crippen LogP contribution is 2.33. The summed E-state index contributed by atoms with van der Waals surface area (Å²) in [5.74, 6) is 1.29. The summed E-state index contributed by atoms with van der Waals surface area (Å²) in [5.41, 5.74) is 10.7. The van der Waals surface area contributed by atoms with Gasteiger partial charge in [0.2, 0.25) is 0 Å². The third-order valence-corrected chi connectivity index (χ3v) is 8.48. The van der Waals surface area contributed by atoms with E-state index in [1.165, 1.54) is 0 Å². The van der Waals surface area contributed by atoms with Gasteiger partial charge in [-0.3, -0.25) is 15.2 Å². The number of aryl methyl sites for hydroxylation is 1. The lowest BCUT2D eigenvalue weighted by atomic mass is 9.92. The molecule has 3 aromatic carbocycles. The summed E-state index contributed by atoms with van der Waals surface area (Å²) in [6.45, 7) is 12.1. The molecule has 0 atom stereocenters. The maximum Gasteiger partial charge on any atom is 0.324 e. The number of rotatable bonds is 8. The second-order valence-electron chi connectivity index (χ2n) is 13.2. The summed E-state index contributed by atoms with van der Waals surface area (Å²) in [7, 11) is 0. The van der Waals surface area contributed by atoms with Gasteiger partial charge in [0.1, 0.15) is 18.2 Å². The number of urea groups is 2. The molecule has 48 heavy (non-hydrogen) atoms. The van der Waals surface area contributed by atoms with Gasteiger partial charge in [-0.25, -0.2) is 14.3 Å². The highest BCUT2D eigenvalue weighted by molar-refractivity contribution is 6.07. The first-order valence-corrected chi connectivity index (χ1v) is 16.1. The van der Waals surface area contributed by atoms with E-state index in [9.17, 15) is 9.59 Å². The molecule has 5 aromatic rings. The van der Waals surface area contributed by atoms with Crippen LogP contribution >= 0.6 is 0 Å². The Morgan fingerprint density at radius 3 is 2.33 bits per heavy atom. The third-order valence-electron chi connectivity index (χ3n) is 8.48. The number of hydrogen-bond donors (Lipinski definition) is 3. The normalized spacial score (nSPS) is 13.8. The number of hydrogen-bond acceptors (Lipinski definition) is 6. The van der Waals surface area contributed by atoms with Crippen molar-refractivity contribution in [2.75, 3.05) is 36.8 Å². The van der Waals surface area contributed by atoms with E-state index in [4.69, 9.17) is 15.6 Å². The number of carbonyl (C=O) groups is 2. The van der Waals surface area contributed by atoms with E-state index < -0.39 is 0 Å². The maximum absolute atomic E-state index is 13.4. The topological polar surface area (TPSA) is 131 Å². The van der Waals surface area contributed by atoms with Crippen molar-refractivity contribution in [2.45, 2.75) is 46.3 Å². The molecule has 1 saturated heterocycles. The molecule has 6 rings (SSSR count). The number of ether oxygens (including phenoxy) is 1. The van der Waals surface area contributed by atoms with Gasteiger partial charge in [0.05, 0.1) is 22.8 Å². The van der Waals surface area contributed by atoms with E-state index >= 15 is 0 Å². The third kappa shape index (κ3) is 7.58. The van der Waals surface area contributed by atoms with Crippen molar-refractivity contribution in [2.24, 2.45) is 5.73 Å². The quantitative estimate of drug-likeness (QED) is 0.178. The molecule has 0 unspecified atom stereocenters. The predicted octanol–water partition coefficient (Wildman–Crippen LogP) is 6.45. The number of nitrogens with one attached hydrogen (secondary N) is 2. The van der Waals surface area contributed by atoms with Crippen molar-refractivity contribution in [3.05, 3.63) is 108 Å². The summed E-state index contributed by atoms with van der Waals surface area (Å²) in [4.78, 5) is 33.3. The average Bonchev–Trinajstić information content (AvgIpc) is 3.49. The van der Waals surface area contributed by atoms with E-state index in [0.717, 1.165) is 52.1 Å². The first kappa shape index (κ1) is 32.5. The van der Waals surface area contributed by atoms with Gasteiger partial charge in [-0.05, 0) is 48.9 Å². The fourth-order valence-corrected chi connectivity index (χ4v) is 5.72. The minimum atomic E-state index is -0.372. The Kier molecular flexibility index (Phi) is 9.31. The number of fused-ring (bicyclic) bond motifs is 1. The number of anilines is 2. The molecular formula is C37H42N8O3. The van der Waals surface area contributed by atoms with Crippen LogP contribution in [0.1, 0.15) is 43.3 Å². The summed E-state index contributed by atoms with van der Waals surface area (Å²) in [6.07, 6.45) is 1.80. The Hall–Kier alpha value is -5.42. The van der Waals surface area contributed by atoms with E-state index in [1.807, 2.05) is 79.7 Å². The van der Waals surface area contributed by atoms with Crippen LogP contribution in [-0.4, -0.2) is 62.8 Å². The Balaban J connectivity index is 1.14. The summed E-state index contributed by atoms with van der Waals surface area (Å²) in [5, 5.41) is 12.6. The van der Waals surface area contributed by atoms with Crippen LogP contribution in [0.15, 0.2) is 85.1 Å². The predicted molar refractivity (Wildman–Crippen MR) is 189 cm³/mol. The van der Waals surface area contributed by atoms with Crippen LogP contribution in [0, 0.1) is 6.92 Å².